The highest BCUT2D eigenvalue weighted by atomic mass is 16.7. The summed E-state index contributed by atoms with van der Waals surface area (Å²) in [5, 5.41) is 0. The molecule has 1 aromatic rings. The SMILES string of the molecule is Cc1ccc(B2OC(C)(C)C(C)(C)O2)c(C2CN(C(=O)OC(C)(C)C)C2)c1. The third-order valence-corrected chi connectivity index (χ3v) is 5.72. The Labute approximate surface area is 163 Å². The topological polar surface area (TPSA) is 48.0 Å². The number of ether oxygens (including phenoxy) is 1. The van der Waals surface area contributed by atoms with Gasteiger partial charge in [-0.05, 0) is 66.4 Å². The van der Waals surface area contributed by atoms with Crippen molar-refractivity contribution in [1.82, 2.24) is 4.90 Å². The minimum absolute atomic E-state index is 0.247. The van der Waals surface area contributed by atoms with Crippen molar-refractivity contribution < 1.29 is 18.8 Å². The molecule has 1 amide bonds. The van der Waals surface area contributed by atoms with Crippen molar-refractivity contribution in [2.75, 3.05) is 13.1 Å². The number of carbonyl (C=O) groups excluding carboxylic acids is 1. The standard InChI is InChI=1S/C21H32BNO4/c1-14-9-10-17(22-26-20(5,6)21(7,8)27-22)16(11-14)15-12-23(13-15)18(24)25-19(2,3)4/h9-11,15H,12-13H2,1-8H3. The van der Waals surface area contributed by atoms with E-state index in [9.17, 15) is 4.79 Å². The van der Waals surface area contributed by atoms with E-state index in [4.69, 9.17) is 14.0 Å². The fraction of sp³-hybridized carbons (Fsp3) is 0.667. The number of aryl methyl sites for hydroxylation is 1. The van der Waals surface area contributed by atoms with Gasteiger partial charge >= 0.3 is 13.2 Å². The van der Waals surface area contributed by atoms with E-state index in [2.05, 4.69) is 52.8 Å². The first-order valence-electron chi connectivity index (χ1n) is 9.73. The Bertz CT molecular complexity index is 716. The summed E-state index contributed by atoms with van der Waals surface area (Å²) in [7, 11) is -0.388. The molecule has 0 spiro atoms. The lowest BCUT2D eigenvalue weighted by molar-refractivity contribution is 0.00578. The lowest BCUT2D eigenvalue weighted by Gasteiger charge is -2.41. The Morgan fingerprint density at radius 3 is 2.22 bits per heavy atom. The first-order chi connectivity index (χ1) is 12.3. The molecule has 0 unspecified atom stereocenters. The molecule has 5 nitrogen and oxygen atoms in total. The summed E-state index contributed by atoms with van der Waals surface area (Å²) in [6.45, 7) is 17.3. The first-order valence-corrected chi connectivity index (χ1v) is 9.73. The molecular weight excluding hydrogens is 341 g/mol. The van der Waals surface area contributed by atoms with Gasteiger partial charge in [-0.25, -0.2) is 4.79 Å². The molecule has 148 valence electrons. The fourth-order valence-corrected chi connectivity index (χ4v) is 3.38. The number of hydrogen-bond acceptors (Lipinski definition) is 4. The van der Waals surface area contributed by atoms with Crippen LogP contribution in [0.2, 0.25) is 0 Å². The Morgan fingerprint density at radius 1 is 1.15 bits per heavy atom. The number of likely N-dealkylation sites (tertiary alicyclic amines) is 1. The second kappa shape index (κ2) is 6.52. The minimum atomic E-state index is -0.473. The van der Waals surface area contributed by atoms with Crippen LogP contribution in [0.5, 0.6) is 0 Å². The lowest BCUT2D eigenvalue weighted by Crippen LogP contribution is -2.52. The Hall–Kier alpha value is -1.53. The van der Waals surface area contributed by atoms with Crippen molar-refractivity contribution in [2.24, 2.45) is 0 Å². The minimum Gasteiger partial charge on any atom is -0.444 e. The van der Waals surface area contributed by atoms with Gasteiger partial charge in [-0.2, -0.15) is 0 Å². The van der Waals surface area contributed by atoms with Crippen LogP contribution in [0, 0.1) is 6.92 Å². The number of benzene rings is 1. The maximum absolute atomic E-state index is 12.3. The van der Waals surface area contributed by atoms with Gasteiger partial charge in [0.15, 0.2) is 0 Å². The summed E-state index contributed by atoms with van der Waals surface area (Å²) in [4.78, 5) is 14.0. The van der Waals surface area contributed by atoms with Crippen LogP contribution in [0.15, 0.2) is 18.2 Å². The normalized spacial score (nSPS) is 21.9. The quantitative estimate of drug-likeness (QED) is 0.743. The molecule has 2 saturated heterocycles. The van der Waals surface area contributed by atoms with Gasteiger partial charge in [-0.3, -0.25) is 0 Å². The number of amides is 1. The molecule has 6 heteroatoms. The van der Waals surface area contributed by atoms with E-state index in [0.717, 1.165) is 5.46 Å². The lowest BCUT2D eigenvalue weighted by atomic mass is 9.71. The van der Waals surface area contributed by atoms with Crippen LogP contribution in [-0.4, -0.2) is 48.0 Å². The summed E-state index contributed by atoms with van der Waals surface area (Å²) >= 11 is 0. The van der Waals surface area contributed by atoms with Gasteiger partial charge in [0.25, 0.3) is 0 Å². The summed E-state index contributed by atoms with van der Waals surface area (Å²) in [6.07, 6.45) is -0.247. The molecule has 0 bridgehead atoms. The molecule has 2 fully saturated rings. The van der Waals surface area contributed by atoms with E-state index >= 15 is 0 Å². The molecule has 0 saturated carbocycles. The molecule has 0 aromatic heterocycles. The zero-order chi connectivity index (χ0) is 20.2. The second-order valence-electron chi connectivity index (χ2n) is 9.80. The highest BCUT2D eigenvalue weighted by Gasteiger charge is 2.52. The van der Waals surface area contributed by atoms with Crippen LogP contribution < -0.4 is 5.46 Å². The average Bonchev–Trinajstić information content (AvgIpc) is 2.63. The molecule has 0 radical (unpaired) electrons. The van der Waals surface area contributed by atoms with E-state index in [-0.39, 0.29) is 30.3 Å². The van der Waals surface area contributed by atoms with Gasteiger partial charge < -0.3 is 18.9 Å². The molecule has 2 aliphatic heterocycles. The molecule has 2 aliphatic rings. The predicted octanol–water partition coefficient (Wildman–Crippen LogP) is 3.63. The maximum atomic E-state index is 12.3. The van der Waals surface area contributed by atoms with Crippen LogP contribution in [-0.2, 0) is 14.0 Å². The number of hydrogen-bond donors (Lipinski definition) is 0. The van der Waals surface area contributed by atoms with Gasteiger partial charge in [0.1, 0.15) is 5.60 Å². The number of nitrogens with zero attached hydrogens (tertiary/aromatic N) is 1. The highest BCUT2D eigenvalue weighted by molar-refractivity contribution is 6.62. The van der Waals surface area contributed by atoms with E-state index in [1.54, 1.807) is 4.90 Å². The third-order valence-electron chi connectivity index (χ3n) is 5.72. The molecule has 0 N–H and O–H groups in total. The van der Waals surface area contributed by atoms with Gasteiger partial charge in [-0.15, -0.1) is 0 Å². The molecule has 2 heterocycles. The summed E-state index contributed by atoms with van der Waals surface area (Å²) in [5.74, 6) is 0.270. The summed E-state index contributed by atoms with van der Waals surface area (Å²) in [5.41, 5.74) is 2.24. The first kappa shape index (κ1) is 20.2. The Kier molecular flexibility index (Phi) is 4.88. The molecule has 0 aliphatic carbocycles. The van der Waals surface area contributed by atoms with Crippen LogP contribution in [0.25, 0.3) is 0 Å². The van der Waals surface area contributed by atoms with E-state index in [1.165, 1.54) is 11.1 Å². The van der Waals surface area contributed by atoms with E-state index in [0.29, 0.717) is 13.1 Å². The largest absolute Gasteiger partial charge is 0.495 e. The highest BCUT2D eigenvalue weighted by Crippen LogP contribution is 2.38. The second-order valence-corrected chi connectivity index (χ2v) is 9.80. The Balaban J connectivity index is 1.77. The third kappa shape index (κ3) is 4.02. The van der Waals surface area contributed by atoms with Crippen molar-refractivity contribution >= 4 is 18.7 Å². The van der Waals surface area contributed by atoms with Crippen molar-refractivity contribution in [3.05, 3.63) is 29.3 Å². The van der Waals surface area contributed by atoms with Gasteiger partial charge in [0.05, 0.1) is 11.2 Å². The molecule has 0 atom stereocenters. The molecular formula is C21H32BNO4. The monoisotopic (exact) mass is 373 g/mol. The van der Waals surface area contributed by atoms with Crippen molar-refractivity contribution in [3.63, 3.8) is 0 Å². The zero-order valence-electron chi connectivity index (χ0n) is 17.9. The smallest absolute Gasteiger partial charge is 0.444 e. The van der Waals surface area contributed by atoms with Crippen LogP contribution in [0.3, 0.4) is 0 Å². The van der Waals surface area contributed by atoms with E-state index in [1.807, 2.05) is 20.8 Å². The predicted molar refractivity (Wildman–Crippen MR) is 107 cm³/mol. The number of carbonyl (C=O) groups is 1. The molecule has 27 heavy (non-hydrogen) atoms. The fourth-order valence-electron chi connectivity index (χ4n) is 3.38. The van der Waals surface area contributed by atoms with Crippen LogP contribution in [0.1, 0.15) is 65.5 Å². The van der Waals surface area contributed by atoms with Crippen molar-refractivity contribution in [1.29, 1.82) is 0 Å². The maximum Gasteiger partial charge on any atom is 0.495 e. The zero-order valence-corrected chi connectivity index (χ0v) is 17.9. The molecule has 1 aromatic carbocycles. The van der Waals surface area contributed by atoms with Gasteiger partial charge in [0, 0.05) is 19.0 Å². The van der Waals surface area contributed by atoms with Crippen LogP contribution in [0.4, 0.5) is 4.79 Å². The average molecular weight is 373 g/mol. The van der Waals surface area contributed by atoms with E-state index < -0.39 is 5.60 Å². The van der Waals surface area contributed by atoms with Gasteiger partial charge in [0.2, 0.25) is 0 Å². The Morgan fingerprint density at radius 2 is 1.70 bits per heavy atom. The van der Waals surface area contributed by atoms with Crippen LogP contribution >= 0.6 is 0 Å². The molecule has 3 rings (SSSR count). The van der Waals surface area contributed by atoms with Crippen molar-refractivity contribution in [3.8, 4) is 0 Å². The number of rotatable bonds is 2. The summed E-state index contributed by atoms with van der Waals surface area (Å²) in [6, 6.07) is 6.38. The van der Waals surface area contributed by atoms with Gasteiger partial charge in [-0.1, -0.05) is 23.8 Å². The van der Waals surface area contributed by atoms with Crippen molar-refractivity contribution in [2.45, 2.75) is 78.1 Å². The summed E-state index contributed by atoms with van der Waals surface area (Å²) < 4.78 is 18.0.